The normalized spacial score (nSPS) is 15.3. The van der Waals surface area contributed by atoms with Crippen molar-refractivity contribution in [3.8, 4) is 0 Å². The highest BCUT2D eigenvalue weighted by Gasteiger charge is 2.37. The second kappa shape index (κ2) is 8.59. The lowest BCUT2D eigenvalue weighted by Crippen LogP contribution is -2.54. The maximum atomic E-state index is 14.2. The van der Waals surface area contributed by atoms with E-state index >= 15 is 0 Å². The van der Waals surface area contributed by atoms with Gasteiger partial charge in [-0.05, 0) is 59.9 Å². The van der Waals surface area contributed by atoms with Crippen LogP contribution in [0.1, 0.15) is 27.8 Å². The van der Waals surface area contributed by atoms with Crippen molar-refractivity contribution in [2.45, 2.75) is 20.3 Å². The van der Waals surface area contributed by atoms with Crippen molar-refractivity contribution in [2.75, 3.05) is 4.90 Å². The van der Waals surface area contributed by atoms with E-state index in [1.165, 1.54) is 12.1 Å². The number of carbonyl (C=O) groups excluding carboxylic acids is 3. The molecule has 5 nitrogen and oxygen atoms in total. The Balaban J connectivity index is 1.75. The minimum atomic E-state index is -0.787. The molecule has 4 rings (SSSR count). The van der Waals surface area contributed by atoms with E-state index in [1.54, 1.807) is 43.3 Å². The zero-order valence-corrected chi connectivity index (χ0v) is 17.7. The number of rotatable bonds is 4. The molecule has 0 spiro atoms. The first-order chi connectivity index (χ1) is 15.3. The minimum absolute atomic E-state index is 0.161. The molecule has 1 aliphatic rings. The smallest absolute Gasteiger partial charge is 0.273 e. The van der Waals surface area contributed by atoms with Crippen molar-refractivity contribution in [3.05, 3.63) is 106 Å². The molecule has 4 amide bonds. The number of nitrogens with one attached hydrogen (secondary N) is 1. The monoisotopic (exact) mass is 428 g/mol. The molecule has 0 aliphatic carbocycles. The zero-order chi connectivity index (χ0) is 22.8. The van der Waals surface area contributed by atoms with E-state index < -0.39 is 17.8 Å². The van der Waals surface area contributed by atoms with Crippen LogP contribution in [0.2, 0.25) is 0 Å². The number of halogens is 1. The molecule has 0 aromatic heterocycles. The van der Waals surface area contributed by atoms with Gasteiger partial charge in [0.1, 0.15) is 11.4 Å². The highest BCUT2D eigenvalue weighted by atomic mass is 19.1. The number of urea groups is 1. The van der Waals surface area contributed by atoms with Crippen molar-refractivity contribution >= 4 is 29.6 Å². The van der Waals surface area contributed by atoms with E-state index in [9.17, 15) is 18.8 Å². The van der Waals surface area contributed by atoms with Crippen molar-refractivity contribution in [1.82, 2.24) is 5.32 Å². The molecular weight excluding hydrogens is 407 g/mol. The van der Waals surface area contributed by atoms with Gasteiger partial charge in [0, 0.05) is 6.42 Å². The molecule has 0 saturated carbocycles. The zero-order valence-electron chi connectivity index (χ0n) is 17.7. The first kappa shape index (κ1) is 21.2. The molecule has 160 valence electrons. The number of barbiturate groups is 1. The van der Waals surface area contributed by atoms with Gasteiger partial charge in [-0.1, -0.05) is 54.6 Å². The summed E-state index contributed by atoms with van der Waals surface area (Å²) in [5, 5.41) is 2.25. The summed E-state index contributed by atoms with van der Waals surface area (Å²) in [7, 11) is 0. The summed E-state index contributed by atoms with van der Waals surface area (Å²) in [6.45, 7) is 3.65. The number of nitrogens with zero attached hydrogens (tertiary/aromatic N) is 1. The van der Waals surface area contributed by atoms with Gasteiger partial charge >= 0.3 is 6.03 Å². The van der Waals surface area contributed by atoms with Crippen molar-refractivity contribution in [3.63, 3.8) is 0 Å². The lowest BCUT2D eigenvalue weighted by molar-refractivity contribution is -0.122. The lowest BCUT2D eigenvalue weighted by Gasteiger charge is -2.28. The molecule has 1 N–H and O–H groups in total. The third-order valence-corrected chi connectivity index (χ3v) is 5.40. The predicted molar refractivity (Wildman–Crippen MR) is 121 cm³/mol. The van der Waals surface area contributed by atoms with Crippen molar-refractivity contribution in [2.24, 2.45) is 0 Å². The summed E-state index contributed by atoms with van der Waals surface area (Å²) < 4.78 is 14.2. The standard InChI is InChI=1S/C26H21FN2O3/c1-16-11-12-17(2)23(13-16)29-25(31)21(24(30)28-26(29)32)15-19-8-4-3-7-18(19)14-20-9-5-6-10-22(20)27/h3-13,15H,14H2,1-2H3,(H,28,30,32)/b21-15+. The largest absolute Gasteiger partial charge is 0.335 e. The Kier molecular flexibility index (Phi) is 5.69. The second-order valence-corrected chi connectivity index (χ2v) is 7.71. The first-order valence-corrected chi connectivity index (χ1v) is 10.1. The number of benzene rings is 3. The van der Waals surface area contributed by atoms with Crippen LogP contribution in [0.5, 0.6) is 0 Å². The molecule has 1 fully saturated rings. The Morgan fingerprint density at radius 3 is 2.34 bits per heavy atom. The third-order valence-electron chi connectivity index (χ3n) is 5.40. The first-order valence-electron chi connectivity index (χ1n) is 10.1. The number of anilines is 1. The fourth-order valence-corrected chi connectivity index (χ4v) is 3.68. The van der Waals surface area contributed by atoms with E-state index in [1.807, 2.05) is 31.2 Å². The number of aryl methyl sites for hydroxylation is 2. The predicted octanol–water partition coefficient (Wildman–Crippen LogP) is 4.70. The molecule has 3 aromatic rings. The fourth-order valence-electron chi connectivity index (χ4n) is 3.68. The molecule has 3 aromatic carbocycles. The molecule has 0 radical (unpaired) electrons. The van der Waals surface area contributed by atoms with E-state index in [-0.39, 0.29) is 11.4 Å². The Morgan fingerprint density at radius 2 is 1.59 bits per heavy atom. The fraction of sp³-hybridized carbons (Fsp3) is 0.115. The van der Waals surface area contributed by atoms with Gasteiger partial charge in [-0.15, -0.1) is 0 Å². The van der Waals surface area contributed by atoms with Crippen LogP contribution in [0.3, 0.4) is 0 Å². The van der Waals surface area contributed by atoms with Crippen LogP contribution in [0.4, 0.5) is 14.9 Å². The van der Waals surface area contributed by atoms with Crippen molar-refractivity contribution in [1.29, 1.82) is 0 Å². The van der Waals surface area contributed by atoms with Crippen LogP contribution in [0.15, 0.2) is 72.3 Å². The molecule has 32 heavy (non-hydrogen) atoms. The molecule has 6 heteroatoms. The Hall–Kier alpha value is -4.06. The average molecular weight is 428 g/mol. The van der Waals surface area contributed by atoms with Crippen molar-refractivity contribution < 1.29 is 18.8 Å². The maximum absolute atomic E-state index is 14.2. The summed E-state index contributed by atoms with van der Waals surface area (Å²) in [6, 6.07) is 18.3. The molecular formula is C26H21FN2O3. The number of amides is 4. The summed E-state index contributed by atoms with van der Waals surface area (Å²) in [5.74, 6) is -1.79. The van der Waals surface area contributed by atoms with Crippen LogP contribution < -0.4 is 10.2 Å². The lowest BCUT2D eigenvalue weighted by atomic mass is 9.97. The van der Waals surface area contributed by atoms with Gasteiger partial charge in [0.15, 0.2) is 0 Å². The van der Waals surface area contributed by atoms with Gasteiger partial charge in [0.05, 0.1) is 5.69 Å². The van der Waals surface area contributed by atoms with Crippen LogP contribution >= 0.6 is 0 Å². The molecule has 1 saturated heterocycles. The molecule has 1 heterocycles. The second-order valence-electron chi connectivity index (χ2n) is 7.71. The van der Waals surface area contributed by atoms with Gasteiger partial charge in [0.2, 0.25) is 0 Å². The topological polar surface area (TPSA) is 66.5 Å². The van der Waals surface area contributed by atoms with Crippen LogP contribution in [0.25, 0.3) is 6.08 Å². The van der Waals surface area contributed by atoms with Gasteiger partial charge in [0.25, 0.3) is 11.8 Å². The summed E-state index contributed by atoms with van der Waals surface area (Å²) in [5.41, 5.74) is 3.73. The van der Waals surface area contributed by atoms with Gasteiger partial charge in [-0.2, -0.15) is 0 Å². The minimum Gasteiger partial charge on any atom is -0.273 e. The number of hydrogen-bond acceptors (Lipinski definition) is 3. The highest BCUT2D eigenvalue weighted by Crippen LogP contribution is 2.27. The van der Waals surface area contributed by atoms with E-state index in [0.29, 0.717) is 23.2 Å². The number of hydrogen-bond donors (Lipinski definition) is 1. The molecule has 1 aliphatic heterocycles. The third kappa shape index (κ3) is 4.07. The average Bonchev–Trinajstić information content (AvgIpc) is 2.76. The van der Waals surface area contributed by atoms with Crippen LogP contribution in [-0.2, 0) is 16.0 Å². The van der Waals surface area contributed by atoms with Gasteiger partial charge < -0.3 is 0 Å². The van der Waals surface area contributed by atoms with Crippen LogP contribution in [0, 0.1) is 19.7 Å². The Bertz CT molecular complexity index is 1280. The van der Waals surface area contributed by atoms with Gasteiger partial charge in [-0.25, -0.2) is 14.1 Å². The van der Waals surface area contributed by atoms with E-state index in [4.69, 9.17) is 0 Å². The van der Waals surface area contributed by atoms with E-state index in [2.05, 4.69) is 5.32 Å². The van der Waals surface area contributed by atoms with Gasteiger partial charge in [-0.3, -0.25) is 14.9 Å². The number of imide groups is 2. The summed E-state index contributed by atoms with van der Waals surface area (Å²) in [6.07, 6.45) is 1.75. The molecule has 0 unspecified atom stereocenters. The molecule has 0 atom stereocenters. The Labute approximate surface area is 185 Å². The maximum Gasteiger partial charge on any atom is 0.335 e. The summed E-state index contributed by atoms with van der Waals surface area (Å²) in [4.78, 5) is 39.3. The van der Waals surface area contributed by atoms with E-state index in [0.717, 1.165) is 21.6 Å². The van der Waals surface area contributed by atoms with Crippen LogP contribution in [-0.4, -0.2) is 17.8 Å². The number of carbonyl (C=O) groups is 3. The Morgan fingerprint density at radius 1 is 0.906 bits per heavy atom. The SMILES string of the molecule is Cc1ccc(C)c(N2C(=O)NC(=O)/C(=C\c3ccccc3Cc3ccccc3F)C2=O)c1. The quantitative estimate of drug-likeness (QED) is 0.484. The summed E-state index contributed by atoms with van der Waals surface area (Å²) >= 11 is 0. The molecule has 0 bridgehead atoms. The highest BCUT2D eigenvalue weighted by molar-refractivity contribution is 6.39.